The highest BCUT2D eigenvalue weighted by molar-refractivity contribution is 6.35. The highest BCUT2D eigenvalue weighted by Gasteiger charge is 2.37. The number of amides is 3. The standard InChI is InChI=1S/C24H23ClN2O5/c1-14-4-3-5-15(2)26(14)21(28)13-32-24(31)16-6-11-19-20(12-16)23(30)27(22(19)29)18-9-7-17(25)8-10-18/h6-12,14-15H,3-5,13H2,1-2H3/t14-,15-/m1/s1. The van der Waals surface area contributed by atoms with Crippen LogP contribution in [0.15, 0.2) is 42.5 Å². The zero-order valence-corrected chi connectivity index (χ0v) is 18.6. The monoisotopic (exact) mass is 454 g/mol. The first-order valence-electron chi connectivity index (χ1n) is 10.5. The third kappa shape index (κ3) is 4.00. The van der Waals surface area contributed by atoms with Crippen LogP contribution in [0.25, 0.3) is 0 Å². The Morgan fingerprint density at radius 1 is 0.969 bits per heavy atom. The Morgan fingerprint density at radius 3 is 2.25 bits per heavy atom. The molecule has 0 spiro atoms. The number of ether oxygens (including phenoxy) is 1. The molecule has 2 aliphatic heterocycles. The molecule has 2 aliphatic rings. The molecule has 0 unspecified atom stereocenters. The van der Waals surface area contributed by atoms with Gasteiger partial charge in [-0.25, -0.2) is 9.69 Å². The fourth-order valence-electron chi connectivity index (χ4n) is 4.39. The topological polar surface area (TPSA) is 84.0 Å². The molecule has 2 atom stereocenters. The van der Waals surface area contributed by atoms with E-state index in [-0.39, 0.29) is 41.3 Å². The number of esters is 1. The summed E-state index contributed by atoms with van der Waals surface area (Å²) in [4.78, 5) is 53.6. The number of rotatable bonds is 4. The molecule has 0 saturated carbocycles. The molecular weight excluding hydrogens is 432 g/mol. The van der Waals surface area contributed by atoms with Gasteiger partial charge in [-0.05, 0) is 75.6 Å². The molecule has 2 aromatic carbocycles. The largest absolute Gasteiger partial charge is 0.452 e. The van der Waals surface area contributed by atoms with Crippen LogP contribution in [0.4, 0.5) is 5.69 Å². The van der Waals surface area contributed by atoms with Gasteiger partial charge in [-0.1, -0.05) is 11.6 Å². The summed E-state index contributed by atoms with van der Waals surface area (Å²) >= 11 is 5.89. The second kappa shape index (κ2) is 8.74. The lowest BCUT2D eigenvalue weighted by atomic mass is 9.97. The van der Waals surface area contributed by atoms with Gasteiger partial charge in [-0.3, -0.25) is 14.4 Å². The van der Waals surface area contributed by atoms with E-state index >= 15 is 0 Å². The molecule has 0 aliphatic carbocycles. The summed E-state index contributed by atoms with van der Waals surface area (Å²) in [5, 5.41) is 0.485. The van der Waals surface area contributed by atoms with Crippen LogP contribution in [-0.4, -0.2) is 47.3 Å². The average molecular weight is 455 g/mol. The second-order valence-corrected chi connectivity index (χ2v) is 8.63. The van der Waals surface area contributed by atoms with E-state index in [4.69, 9.17) is 16.3 Å². The lowest BCUT2D eigenvalue weighted by molar-refractivity contribution is -0.140. The van der Waals surface area contributed by atoms with Gasteiger partial charge in [-0.15, -0.1) is 0 Å². The Morgan fingerprint density at radius 2 is 1.59 bits per heavy atom. The lowest BCUT2D eigenvalue weighted by Crippen LogP contribution is -2.49. The zero-order valence-electron chi connectivity index (χ0n) is 17.8. The van der Waals surface area contributed by atoms with Gasteiger partial charge in [0.15, 0.2) is 6.61 Å². The molecule has 1 fully saturated rings. The lowest BCUT2D eigenvalue weighted by Gasteiger charge is -2.38. The van der Waals surface area contributed by atoms with E-state index in [0.29, 0.717) is 10.7 Å². The van der Waals surface area contributed by atoms with Crippen molar-refractivity contribution in [2.45, 2.75) is 45.2 Å². The molecule has 7 nitrogen and oxygen atoms in total. The normalized spacial score (nSPS) is 20.3. The number of likely N-dealkylation sites (tertiary alicyclic amines) is 1. The molecule has 0 N–H and O–H groups in total. The number of carbonyl (C=O) groups is 4. The van der Waals surface area contributed by atoms with Crippen LogP contribution < -0.4 is 4.90 Å². The van der Waals surface area contributed by atoms with Crippen molar-refractivity contribution in [3.63, 3.8) is 0 Å². The summed E-state index contributed by atoms with van der Waals surface area (Å²) in [6, 6.07) is 10.7. The van der Waals surface area contributed by atoms with Crippen molar-refractivity contribution in [3.8, 4) is 0 Å². The van der Waals surface area contributed by atoms with E-state index < -0.39 is 17.8 Å². The number of fused-ring (bicyclic) bond motifs is 1. The summed E-state index contributed by atoms with van der Waals surface area (Å²) in [5.41, 5.74) is 0.813. The molecule has 4 rings (SSSR count). The summed E-state index contributed by atoms with van der Waals surface area (Å²) < 4.78 is 5.23. The maximum absolute atomic E-state index is 12.9. The maximum atomic E-state index is 12.9. The van der Waals surface area contributed by atoms with Crippen molar-refractivity contribution in [1.29, 1.82) is 0 Å². The first-order valence-corrected chi connectivity index (χ1v) is 10.9. The van der Waals surface area contributed by atoms with Crippen molar-refractivity contribution in [1.82, 2.24) is 4.90 Å². The number of anilines is 1. The molecule has 8 heteroatoms. The highest BCUT2D eigenvalue weighted by Crippen LogP contribution is 2.30. The predicted octanol–water partition coefficient (Wildman–Crippen LogP) is 4.09. The van der Waals surface area contributed by atoms with Crippen LogP contribution in [0.5, 0.6) is 0 Å². The van der Waals surface area contributed by atoms with Crippen LogP contribution in [0.1, 0.15) is 64.2 Å². The third-order valence-electron chi connectivity index (χ3n) is 6.02. The van der Waals surface area contributed by atoms with Crippen LogP contribution in [0, 0.1) is 0 Å². The molecule has 0 radical (unpaired) electrons. The Kier molecular flexibility index (Phi) is 6.02. The molecule has 166 valence electrons. The van der Waals surface area contributed by atoms with Gasteiger partial charge in [0.05, 0.1) is 22.4 Å². The first kappa shape index (κ1) is 22.0. The van der Waals surface area contributed by atoms with Gasteiger partial charge >= 0.3 is 5.97 Å². The van der Waals surface area contributed by atoms with E-state index in [0.717, 1.165) is 24.2 Å². The van der Waals surface area contributed by atoms with Gasteiger partial charge in [0.2, 0.25) is 0 Å². The van der Waals surface area contributed by atoms with Crippen molar-refractivity contribution in [3.05, 3.63) is 64.2 Å². The number of imide groups is 1. The Bertz CT molecular complexity index is 1090. The molecule has 32 heavy (non-hydrogen) atoms. The number of hydrogen-bond donors (Lipinski definition) is 0. The minimum Gasteiger partial charge on any atom is -0.452 e. The number of halogens is 1. The van der Waals surface area contributed by atoms with Gasteiger partial charge in [-0.2, -0.15) is 0 Å². The second-order valence-electron chi connectivity index (χ2n) is 8.19. The minimum atomic E-state index is -0.719. The number of nitrogens with zero attached hydrogens (tertiary/aromatic N) is 2. The SMILES string of the molecule is C[C@@H]1CCC[C@@H](C)N1C(=O)COC(=O)c1ccc2c(c1)C(=O)N(c1ccc(Cl)cc1)C2=O. The van der Waals surface area contributed by atoms with Crippen molar-refractivity contribution in [2.24, 2.45) is 0 Å². The van der Waals surface area contributed by atoms with Crippen LogP contribution in [0.2, 0.25) is 5.02 Å². The van der Waals surface area contributed by atoms with Gasteiger partial charge in [0.25, 0.3) is 17.7 Å². The smallest absolute Gasteiger partial charge is 0.338 e. The van der Waals surface area contributed by atoms with E-state index in [1.165, 1.54) is 18.2 Å². The molecule has 3 amide bonds. The first-order chi connectivity index (χ1) is 15.3. The van der Waals surface area contributed by atoms with E-state index in [2.05, 4.69) is 0 Å². The van der Waals surface area contributed by atoms with E-state index in [9.17, 15) is 19.2 Å². The Labute approximate surface area is 190 Å². The summed E-state index contributed by atoms with van der Waals surface area (Å²) in [7, 11) is 0. The molecule has 0 aromatic heterocycles. The maximum Gasteiger partial charge on any atom is 0.338 e. The molecular formula is C24H23ClN2O5. The Hall–Kier alpha value is -3.19. The number of carbonyl (C=O) groups excluding carboxylic acids is 4. The zero-order chi connectivity index (χ0) is 23.0. The average Bonchev–Trinajstić information content (AvgIpc) is 3.02. The number of hydrogen-bond acceptors (Lipinski definition) is 5. The van der Waals surface area contributed by atoms with Crippen LogP contribution in [-0.2, 0) is 9.53 Å². The summed E-state index contributed by atoms with van der Waals surface area (Å²) in [6.07, 6.45) is 2.92. The molecule has 2 aromatic rings. The van der Waals surface area contributed by atoms with Gasteiger partial charge in [0, 0.05) is 17.1 Å². The molecule has 1 saturated heterocycles. The van der Waals surface area contributed by atoms with Crippen molar-refractivity contribution < 1.29 is 23.9 Å². The van der Waals surface area contributed by atoms with Gasteiger partial charge < -0.3 is 9.64 Å². The fraction of sp³-hybridized carbons (Fsp3) is 0.333. The quantitative estimate of drug-likeness (QED) is 0.513. The summed E-state index contributed by atoms with van der Waals surface area (Å²) in [5.74, 6) is -1.97. The van der Waals surface area contributed by atoms with Crippen molar-refractivity contribution >= 4 is 41.0 Å². The fourth-order valence-corrected chi connectivity index (χ4v) is 4.52. The van der Waals surface area contributed by atoms with Gasteiger partial charge in [0.1, 0.15) is 0 Å². The van der Waals surface area contributed by atoms with Crippen LogP contribution >= 0.6 is 11.6 Å². The third-order valence-corrected chi connectivity index (χ3v) is 6.27. The number of benzene rings is 2. The van der Waals surface area contributed by atoms with Crippen LogP contribution in [0.3, 0.4) is 0 Å². The minimum absolute atomic E-state index is 0.104. The predicted molar refractivity (Wildman–Crippen MR) is 119 cm³/mol. The van der Waals surface area contributed by atoms with Crippen molar-refractivity contribution in [2.75, 3.05) is 11.5 Å². The Balaban J connectivity index is 1.47. The summed E-state index contributed by atoms with van der Waals surface area (Å²) in [6.45, 7) is 3.62. The molecule has 2 heterocycles. The molecule has 0 bridgehead atoms. The van der Waals surface area contributed by atoms with E-state index in [1.54, 1.807) is 29.2 Å². The highest BCUT2D eigenvalue weighted by atomic mass is 35.5. The number of piperidine rings is 1. The van der Waals surface area contributed by atoms with E-state index in [1.807, 2.05) is 13.8 Å².